The van der Waals surface area contributed by atoms with Crippen LogP contribution in [0.5, 0.6) is 11.5 Å². The van der Waals surface area contributed by atoms with E-state index in [4.69, 9.17) is 9.47 Å². The van der Waals surface area contributed by atoms with Crippen LogP contribution in [0.25, 0.3) is 0 Å². The minimum absolute atomic E-state index is 0.127. The third kappa shape index (κ3) is 3.00. The zero-order chi connectivity index (χ0) is 18.9. The lowest BCUT2D eigenvalue weighted by atomic mass is 10.2. The van der Waals surface area contributed by atoms with Crippen LogP contribution in [0.3, 0.4) is 0 Å². The highest BCUT2D eigenvalue weighted by molar-refractivity contribution is 6.06. The summed E-state index contributed by atoms with van der Waals surface area (Å²) in [4.78, 5) is 23.2. The van der Waals surface area contributed by atoms with E-state index in [2.05, 4.69) is 21.4 Å². The van der Waals surface area contributed by atoms with Crippen LogP contribution in [0.1, 0.15) is 16.1 Å². The van der Waals surface area contributed by atoms with Crippen LogP contribution in [0.15, 0.2) is 54.9 Å². The van der Waals surface area contributed by atoms with E-state index in [1.807, 2.05) is 36.4 Å². The van der Waals surface area contributed by atoms with Crippen molar-refractivity contribution < 1.29 is 14.3 Å². The second-order valence-corrected chi connectivity index (χ2v) is 6.61. The standard InChI is InChI=1S/C21H18N4O3/c26-21(25-8-7-14-3-1-2-4-17(14)25)16-12-20(23-13-22-16)24-15-5-6-18-19(11-15)28-10-9-27-18/h1-6,11-13H,7-10H2,(H,22,23,24). The Kier molecular flexibility index (Phi) is 4.05. The molecule has 5 rings (SSSR count). The molecule has 1 aromatic heterocycles. The third-order valence-corrected chi connectivity index (χ3v) is 4.83. The molecule has 2 aromatic carbocycles. The smallest absolute Gasteiger partial charge is 0.277 e. The maximum absolute atomic E-state index is 13.0. The maximum atomic E-state index is 13.0. The molecule has 1 amide bonds. The Hall–Kier alpha value is -3.61. The molecule has 28 heavy (non-hydrogen) atoms. The highest BCUT2D eigenvalue weighted by Crippen LogP contribution is 2.33. The fraction of sp³-hybridized carbons (Fsp3) is 0.190. The molecule has 0 unspecified atom stereocenters. The van der Waals surface area contributed by atoms with Crippen LogP contribution in [0.4, 0.5) is 17.2 Å². The molecule has 7 heteroatoms. The molecule has 0 saturated heterocycles. The molecule has 7 nitrogen and oxygen atoms in total. The van der Waals surface area contributed by atoms with Gasteiger partial charge in [-0.2, -0.15) is 0 Å². The first kappa shape index (κ1) is 16.6. The number of amides is 1. The largest absolute Gasteiger partial charge is 0.486 e. The number of aromatic nitrogens is 2. The fourth-order valence-electron chi connectivity index (χ4n) is 3.50. The van der Waals surface area contributed by atoms with E-state index in [0.29, 0.717) is 37.0 Å². The summed E-state index contributed by atoms with van der Waals surface area (Å²) in [5.41, 5.74) is 3.28. The van der Waals surface area contributed by atoms with E-state index in [-0.39, 0.29) is 5.91 Å². The normalized spacial score (nSPS) is 14.5. The molecule has 3 heterocycles. The van der Waals surface area contributed by atoms with Gasteiger partial charge in [0, 0.05) is 30.1 Å². The number of benzene rings is 2. The number of nitrogens with zero attached hydrogens (tertiary/aromatic N) is 3. The summed E-state index contributed by atoms with van der Waals surface area (Å²) >= 11 is 0. The predicted octanol–water partition coefficient (Wildman–Crippen LogP) is 3.19. The minimum atomic E-state index is -0.127. The van der Waals surface area contributed by atoms with Crippen LogP contribution >= 0.6 is 0 Å². The van der Waals surface area contributed by atoms with Gasteiger partial charge in [0.15, 0.2) is 11.5 Å². The Bertz CT molecular complexity index is 1050. The van der Waals surface area contributed by atoms with Gasteiger partial charge in [-0.25, -0.2) is 9.97 Å². The molecule has 0 aliphatic carbocycles. The summed E-state index contributed by atoms with van der Waals surface area (Å²) in [6.45, 7) is 1.74. The van der Waals surface area contributed by atoms with E-state index in [1.54, 1.807) is 11.0 Å². The van der Waals surface area contributed by atoms with Crippen LogP contribution in [0, 0.1) is 0 Å². The molecule has 0 spiro atoms. The highest BCUT2D eigenvalue weighted by Gasteiger charge is 2.26. The molecule has 0 fully saturated rings. The van der Waals surface area contributed by atoms with Crippen LogP contribution in [-0.4, -0.2) is 35.6 Å². The number of para-hydroxylation sites is 1. The van der Waals surface area contributed by atoms with Crippen molar-refractivity contribution >= 4 is 23.1 Å². The third-order valence-electron chi connectivity index (χ3n) is 4.83. The van der Waals surface area contributed by atoms with Crippen molar-refractivity contribution in [3.63, 3.8) is 0 Å². The van der Waals surface area contributed by atoms with Crippen LogP contribution < -0.4 is 19.7 Å². The zero-order valence-corrected chi connectivity index (χ0v) is 15.1. The molecule has 0 saturated carbocycles. The summed E-state index contributed by atoms with van der Waals surface area (Å²) in [5.74, 6) is 1.83. The number of hydrogen-bond donors (Lipinski definition) is 1. The van der Waals surface area contributed by atoms with Gasteiger partial charge < -0.3 is 19.7 Å². The van der Waals surface area contributed by atoms with E-state index < -0.39 is 0 Å². The number of carbonyl (C=O) groups is 1. The maximum Gasteiger partial charge on any atom is 0.277 e. The molecule has 3 aromatic rings. The van der Waals surface area contributed by atoms with Gasteiger partial charge in [0.05, 0.1) is 0 Å². The van der Waals surface area contributed by atoms with Crippen molar-refractivity contribution in [3.05, 3.63) is 66.1 Å². The summed E-state index contributed by atoms with van der Waals surface area (Å²) < 4.78 is 11.1. The summed E-state index contributed by atoms with van der Waals surface area (Å²) in [5, 5.41) is 3.20. The average Bonchev–Trinajstić information content (AvgIpc) is 3.17. The van der Waals surface area contributed by atoms with Crippen molar-refractivity contribution in [2.45, 2.75) is 6.42 Å². The Morgan fingerprint density at radius 2 is 1.86 bits per heavy atom. The van der Waals surface area contributed by atoms with E-state index in [0.717, 1.165) is 23.5 Å². The average molecular weight is 374 g/mol. The summed E-state index contributed by atoms with van der Waals surface area (Å²) in [7, 11) is 0. The first-order chi connectivity index (χ1) is 13.8. The van der Waals surface area contributed by atoms with Gasteiger partial charge in [-0.3, -0.25) is 4.79 Å². The molecule has 0 atom stereocenters. The molecule has 140 valence electrons. The summed E-state index contributed by atoms with van der Waals surface area (Å²) in [6, 6.07) is 15.2. The first-order valence-electron chi connectivity index (χ1n) is 9.16. The molecule has 2 aliphatic rings. The van der Waals surface area contributed by atoms with Crippen molar-refractivity contribution in [2.75, 3.05) is 30.0 Å². The molecular formula is C21H18N4O3. The number of ether oxygens (including phenoxy) is 2. The van der Waals surface area contributed by atoms with Gasteiger partial charge in [0.2, 0.25) is 0 Å². The van der Waals surface area contributed by atoms with Gasteiger partial charge in [0.25, 0.3) is 5.91 Å². The molecule has 0 bridgehead atoms. The molecule has 2 aliphatic heterocycles. The number of hydrogen-bond acceptors (Lipinski definition) is 6. The zero-order valence-electron chi connectivity index (χ0n) is 15.1. The van der Waals surface area contributed by atoms with Gasteiger partial charge >= 0.3 is 0 Å². The first-order valence-corrected chi connectivity index (χ1v) is 9.16. The number of rotatable bonds is 3. The van der Waals surface area contributed by atoms with Gasteiger partial charge in [-0.1, -0.05) is 18.2 Å². The van der Waals surface area contributed by atoms with Crippen LogP contribution in [0.2, 0.25) is 0 Å². The molecule has 0 radical (unpaired) electrons. The van der Waals surface area contributed by atoms with Gasteiger partial charge in [-0.05, 0) is 30.2 Å². The second kappa shape index (κ2) is 6.84. The lowest BCUT2D eigenvalue weighted by Gasteiger charge is -2.19. The van der Waals surface area contributed by atoms with Gasteiger partial charge in [0.1, 0.15) is 31.1 Å². The highest BCUT2D eigenvalue weighted by atomic mass is 16.6. The fourth-order valence-corrected chi connectivity index (χ4v) is 3.50. The van der Waals surface area contributed by atoms with Crippen molar-refractivity contribution in [2.24, 2.45) is 0 Å². The van der Waals surface area contributed by atoms with E-state index in [9.17, 15) is 4.79 Å². The van der Waals surface area contributed by atoms with Crippen LogP contribution in [-0.2, 0) is 6.42 Å². The van der Waals surface area contributed by atoms with Crippen molar-refractivity contribution in [1.82, 2.24) is 9.97 Å². The van der Waals surface area contributed by atoms with Crippen molar-refractivity contribution in [3.8, 4) is 11.5 Å². The SMILES string of the molecule is O=C(c1cc(Nc2ccc3c(c2)OCCO3)ncn1)N1CCc2ccccc21. The molecule has 1 N–H and O–H groups in total. The Balaban J connectivity index is 1.37. The molecular weight excluding hydrogens is 356 g/mol. The lowest BCUT2D eigenvalue weighted by Crippen LogP contribution is -2.29. The Morgan fingerprint density at radius 3 is 2.79 bits per heavy atom. The monoisotopic (exact) mass is 374 g/mol. The number of carbonyl (C=O) groups excluding carboxylic acids is 1. The number of nitrogens with one attached hydrogen (secondary N) is 1. The minimum Gasteiger partial charge on any atom is -0.486 e. The number of anilines is 3. The predicted molar refractivity (Wildman–Crippen MR) is 105 cm³/mol. The Morgan fingerprint density at radius 1 is 1.00 bits per heavy atom. The second-order valence-electron chi connectivity index (χ2n) is 6.61. The summed E-state index contributed by atoms with van der Waals surface area (Å²) in [6.07, 6.45) is 2.25. The topological polar surface area (TPSA) is 76.6 Å². The van der Waals surface area contributed by atoms with E-state index in [1.165, 1.54) is 11.9 Å². The van der Waals surface area contributed by atoms with Crippen molar-refractivity contribution in [1.29, 1.82) is 0 Å². The Labute approximate surface area is 161 Å². The van der Waals surface area contributed by atoms with E-state index >= 15 is 0 Å². The van der Waals surface area contributed by atoms with Gasteiger partial charge in [-0.15, -0.1) is 0 Å². The number of fused-ring (bicyclic) bond motifs is 2. The lowest BCUT2D eigenvalue weighted by molar-refractivity contribution is 0.0984. The quantitative estimate of drug-likeness (QED) is 0.759.